The Hall–Kier alpha value is -6.48. The minimum Gasteiger partial charge on any atom is -0.324 e. The fourth-order valence-electron chi connectivity index (χ4n) is 7.86. The second kappa shape index (κ2) is 15.5. The maximum atomic E-state index is 13.4. The van der Waals surface area contributed by atoms with Crippen molar-refractivity contribution < 1.29 is 104 Å². The molecule has 3 aromatic heterocycles. The van der Waals surface area contributed by atoms with E-state index in [-0.39, 0.29) is 31.9 Å². The summed E-state index contributed by atoms with van der Waals surface area (Å²) in [5, 5.41) is -4.16. The molecule has 378 valence electrons. The highest BCUT2D eigenvalue weighted by molar-refractivity contribution is 7.92. The average Bonchev–Trinajstić information content (AvgIpc) is 3.94. The number of nitrogens with zero attached hydrogens (tertiary/aromatic N) is 7. The first kappa shape index (κ1) is 50.5. The molecule has 9 rings (SSSR count). The molecule has 0 fully saturated rings. The Labute approximate surface area is 399 Å². The number of fused-ring (bicyclic) bond motifs is 20. The van der Waals surface area contributed by atoms with Gasteiger partial charge in [-0.25, -0.2) is 29.9 Å². The second-order valence-corrected chi connectivity index (χ2v) is 25.4. The van der Waals surface area contributed by atoms with Crippen molar-refractivity contribution in [2.75, 3.05) is 0 Å². The van der Waals surface area contributed by atoms with Crippen LogP contribution < -0.4 is 0 Å². The van der Waals surface area contributed by atoms with E-state index in [4.69, 9.17) is 0 Å². The third-order valence-corrected chi connectivity index (χ3v) is 18.1. The highest BCUT2D eigenvalue weighted by atomic mass is 32.3. The monoisotopic (exact) mass is 1150 g/mol. The third-order valence-electron chi connectivity index (χ3n) is 10.2. The quantitative estimate of drug-likeness (QED) is 0.0946. The summed E-state index contributed by atoms with van der Waals surface area (Å²) in [4.78, 5) is 9.34. The lowest BCUT2D eigenvalue weighted by atomic mass is 10.1. The molecule has 0 saturated carbocycles. The zero-order valence-corrected chi connectivity index (χ0v) is 40.2. The standard InChI is InChI=1S/C32H18N8O24S8/c41-65(42,43)15-9-14-16(20(67(47,48)49)19(15)66(44,45)46)28-35-27(14)39-32-13-8-4-3-7-12(13)31(40(32)72(62,63)64)38-26-11-6-2-1-5-10(11)25(33-26)34-29-17-18(30(36-28)37-29)22(69(53,54)55)24(71(59,60)61)23(70(56,57)58)21(17)68(50,51)52/h1-9H,(H,41,42,43)(H,44,45,46)(H,47,48,49)(H,50,51,52)(H,53,54,55)(H,56,57,58)(H,59,60,61)(H,62,63,64)(H,33,34,35,36,37,38,39). The number of hydrogen-bond donors (Lipinski definition) is 9. The van der Waals surface area contributed by atoms with E-state index in [1.54, 1.807) is 0 Å². The van der Waals surface area contributed by atoms with Crippen LogP contribution in [0.25, 0.3) is 89.7 Å². The van der Waals surface area contributed by atoms with Gasteiger partial charge in [-0.15, -0.1) is 0 Å². The molecule has 2 aliphatic heterocycles. The largest absolute Gasteiger partial charge is 0.366 e. The van der Waals surface area contributed by atoms with Gasteiger partial charge in [0.05, 0.1) is 16.3 Å². The molecule has 7 aromatic rings. The number of nitrogens with one attached hydrogen (secondary N) is 1. The number of H-pyrrole nitrogens is 1. The Morgan fingerprint density at radius 3 is 1.12 bits per heavy atom. The smallest absolute Gasteiger partial charge is 0.324 e. The molecule has 8 bridgehead atoms. The van der Waals surface area contributed by atoms with Crippen LogP contribution in [0.1, 0.15) is 0 Å². The van der Waals surface area contributed by atoms with Gasteiger partial charge in [0.25, 0.3) is 70.8 Å². The van der Waals surface area contributed by atoms with E-state index in [0.717, 1.165) is 6.07 Å². The number of benzene rings is 4. The topological polar surface area (TPSA) is 533 Å². The predicted molar refractivity (Wildman–Crippen MR) is 235 cm³/mol. The highest BCUT2D eigenvalue weighted by Gasteiger charge is 2.45. The summed E-state index contributed by atoms with van der Waals surface area (Å²) in [6.45, 7) is 0. The summed E-state index contributed by atoms with van der Waals surface area (Å²) in [6, 6.07) is 9.96. The zero-order valence-electron chi connectivity index (χ0n) is 33.7. The van der Waals surface area contributed by atoms with Crippen LogP contribution in [0.2, 0.25) is 0 Å². The van der Waals surface area contributed by atoms with Crippen molar-refractivity contribution in [2.24, 2.45) is 0 Å². The first-order valence-corrected chi connectivity index (χ1v) is 29.6. The molecule has 40 heteroatoms. The van der Waals surface area contributed by atoms with Crippen LogP contribution in [0.4, 0.5) is 0 Å². The van der Waals surface area contributed by atoms with Gasteiger partial charge in [0.1, 0.15) is 45.6 Å². The van der Waals surface area contributed by atoms with Crippen molar-refractivity contribution >= 4 is 125 Å². The summed E-state index contributed by atoms with van der Waals surface area (Å²) in [7, 11) is -51.2. The Bertz CT molecular complexity index is 4910. The van der Waals surface area contributed by atoms with Crippen LogP contribution in [0.15, 0.2) is 88.9 Å². The molecule has 9 N–H and O–H groups in total. The van der Waals surface area contributed by atoms with Crippen molar-refractivity contribution in [1.29, 1.82) is 0 Å². The average molecular weight is 1160 g/mol. The second-order valence-electron chi connectivity index (χ2n) is 14.6. The Balaban J connectivity index is 1.76. The molecule has 0 saturated heterocycles. The van der Waals surface area contributed by atoms with Gasteiger partial charge in [-0.1, -0.05) is 48.5 Å². The van der Waals surface area contributed by atoms with Crippen molar-refractivity contribution in [2.45, 2.75) is 34.3 Å². The van der Waals surface area contributed by atoms with Crippen LogP contribution in [0.3, 0.4) is 0 Å². The molecule has 0 amide bonds. The molecule has 32 nitrogen and oxygen atoms in total. The Morgan fingerprint density at radius 2 is 0.736 bits per heavy atom. The normalized spacial score (nSPS) is 13.9. The van der Waals surface area contributed by atoms with Gasteiger partial charge in [-0.05, 0) is 6.07 Å². The number of aromatic amines is 1. The van der Waals surface area contributed by atoms with Crippen LogP contribution in [0, 0.1) is 0 Å². The van der Waals surface area contributed by atoms with Gasteiger partial charge in [0.2, 0.25) is 0 Å². The van der Waals surface area contributed by atoms with Crippen LogP contribution in [-0.4, -0.2) is 143 Å². The lowest BCUT2D eigenvalue weighted by molar-refractivity contribution is 0.449. The minimum atomic E-state index is -6.68. The van der Waals surface area contributed by atoms with Crippen molar-refractivity contribution in [3.63, 3.8) is 0 Å². The minimum absolute atomic E-state index is 0.00381. The molecule has 0 atom stereocenters. The Kier molecular flexibility index (Phi) is 10.9. The summed E-state index contributed by atoms with van der Waals surface area (Å²) >= 11 is 0. The van der Waals surface area contributed by atoms with Gasteiger partial charge in [0, 0.05) is 27.5 Å². The Morgan fingerprint density at radius 1 is 0.375 bits per heavy atom. The lowest BCUT2D eigenvalue weighted by Crippen LogP contribution is -2.19. The van der Waals surface area contributed by atoms with E-state index in [0.29, 0.717) is 0 Å². The SMILES string of the molecule is O=S(=O)(O)c1cc2c(c(S(=O)(=O)O)c1S(=O)(=O)O)-c1nc-2nc2c3ccccc3c(nc3nc(nc4[nH]c(n1)c1c(S(=O)(=O)O)c(S(=O)(=O)O)c(S(=O)(=O)O)c(S(=O)(=O)O)c41)-c1ccccc1-3)n2S(=O)(=O)O. The highest BCUT2D eigenvalue weighted by Crippen LogP contribution is 2.48. The molecule has 4 aromatic carbocycles. The summed E-state index contributed by atoms with van der Waals surface area (Å²) in [5.41, 5.74) is -8.04. The zero-order chi connectivity index (χ0) is 53.2. The molecule has 0 radical (unpaired) electrons. The maximum absolute atomic E-state index is 13.4. The van der Waals surface area contributed by atoms with Crippen LogP contribution >= 0.6 is 0 Å². The van der Waals surface area contributed by atoms with E-state index in [1.165, 1.54) is 42.5 Å². The lowest BCUT2D eigenvalue weighted by Gasteiger charge is -2.14. The van der Waals surface area contributed by atoms with E-state index in [2.05, 4.69) is 34.9 Å². The van der Waals surface area contributed by atoms with Gasteiger partial charge >= 0.3 is 10.3 Å². The van der Waals surface area contributed by atoms with E-state index < -0.39 is 183 Å². The first-order valence-electron chi connectivity index (χ1n) is 18.1. The molecule has 0 unspecified atom stereocenters. The number of hydrogen-bond acceptors (Lipinski definition) is 22. The van der Waals surface area contributed by atoms with E-state index in [1.807, 2.05) is 0 Å². The molecular formula is C32H18N8O24S8. The fraction of sp³-hybridized carbons (Fsp3) is 0. The molecule has 0 aliphatic carbocycles. The number of aromatic nitrogens is 8. The van der Waals surface area contributed by atoms with Gasteiger partial charge in [-0.2, -0.15) is 71.3 Å². The maximum Gasteiger partial charge on any atom is 0.366 e. The van der Waals surface area contributed by atoms with Gasteiger partial charge in [-0.3, -0.25) is 36.4 Å². The molecular weight excluding hydrogens is 1140 g/mol. The fourth-order valence-corrected chi connectivity index (χ4v) is 16.9. The third kappa shape index (κ3) is 8.06. The molecule has 2 aliphatic rings. The van der Waals surface area contributed by atoms with Crippen molar-refractivity contribution in [3.8, 4) is 45.6 Å². The molecule has 72 heavy (non-hydrogen) atoms. The van der Waals surface area contributed by atoms with Crippen LogP contribution in [-0.2, 0) is 81.1 Å². The van der Waals surface area contributed by atoms with Crippen LogP contribution in [0.5, 0.6) is 0 Å². The van der Waals surface area contributed by atoms with E-state index >= 15 is 0 Å². The summed E-state index contributed by atoms with van der Waals surface area (Å²) in [6.07, 6.45) is 0. The van der Waals surface area contributed by atoms with Crippen molar-refractivity contribution in [1.82, 2.24) is 38.9 Å². The van der Waals surface area contributed by atoms with Gasteiger partial charge in [0.15, 0.2) is 34.6 Å². The predicted octanol–water partition coefficient (Wildman–Crippen LogP) is 0.720. The first-order chi connectivity index (χ1) is 32.8. The number of rotatable bonds is 8. The molecule has 5 heterocycles. The van der Waals surface area contributed by atoms with Gasteiger partial charge < -0.3 is 4.98 Å². The van der Waals surface area contributed by atoms with E-state index in [9.17, 15) is 104 Å². The van der Waals surface area contributed by atoms with Crippen molar-refractivity contribution in [3.05, 3.63) is 54.6 Å². The summed E-state index contributed by atoms with van der Waals surface area (Å²) < 4.78 is 294. The molecule has 0 spiro atoms. The summed E-state index contributed by atoms with van der Waals surface area (Å²) in [5.74, 6) is -4.26.